The zero-order chi connectivity index (χ0) is 20.8. The number of likely N-dealkylation sites (N-methyl/N-ethyl adjacent to an activating group) is 1. The highest BCUT2D eigenvalue weighted by molar-refractivity contribution is 5.94. The Kier molecular flexibility index (Phi) is 4.68. The number of pyridine rings is 1. The molecule has 0 bridgehead atoms. The van der Waals surface area contributed by atoms with Crippen LogP contribution in [0.1, 0.15) is 10.4 Å². The third-order valence-corrected chi connectivity index (χ3v) is 5.53. The Labute approximate surface area is 165 Å². The van der Waals surface area contributed by atoms with Crippen LogP contribution in [0.15, 0.2) is 47.4 Å². The molecule has 0 radical (unpaired) electrons. The minimum Gasteiger partial charge on any atom is -0.477 e. The Hall–Kier alpha value is -3.10. The molecule has 0 unspecified atom stereocenters. The Bertz CT molecular complexity index is 1170. The first kappa shape index (κ1) is 19.2. The van der Waals surface area contributed by atoms with Gasteiger partial charge in [-0.15, -0.1) is 0 Å². The average molecular weight is 400 g/mol. The van der Waals surface area contributed by atoms with E-state index in [2.05, 4.69) is 5.32 Å². The van der Waals surface area contributed by atoms with Gasteiger partial charge in [0.25, 0.3) is 0 Å². The van der Waals surface area contributed by atoms with Crippen LogP contribution in [0, 0.1) is 11.6 Å². The van der Waals surface area contributed by atoms with Crippen LogP contribution in [-0.4, -0.2) is 48.9 Å². The summed E-state index contributed by atoms with van der Waals surface area (Å²) in [5.41, 5.74) is -1.23. The number of carboxylic acids is 1. The molecular weight excluding hydrogens is 380 g/mol. The number of rotatable bonds is 3. The highest BCUT2D eigenvalue weighted by atomic mass is 19.1. The van der Waals surface area contributed by atoms with Crippen molar-refractivity contribution in [3.8, 4) is 5.69 Å². The topological polar surface area (TPSA) is 71.3 Å². The number of hydrogen-bond acceptors (Lipinski definition) is 3. The number of carbonyl (C=O) groups is 1. The fourth-order valence-electron chi connectivity index (χ4n) is 3.96. The molecule has 0 atom stereocenters. The molecule has 0 amide bonds. The van der Waals surface area contributed by atoms with Crippen molar-refractivity contribution >= 4 is 22.6 Å². The van der Waals surface area contributed by atoms with Gasteiger partial charge in [-0.25, -0.2) is 9.18 Å². The van der Waals surface area contributed by atoms with Crippen molar-refractivity contribution in [2.45, 2.75) is 0 Å². The summed E-state index contributed by atoms with van der Waals surface area (Å²) in [6.45, 7) is 2.19. The SMILES string of the molecule is C[N+]1(c2c(F)cc3c(=O)c(C(=O)O)cn(-c4ccccc4)c3c2F)CCNCC1. The van der Waals surface area contributed by atoms with E-state index in [1.165, 1.54) is 4.57 Å². The molecule has 1 aromatic heterocycles. The van der Waals surface area contributed by atoms with E-state index < -0.39 is 28.6 Å². The van der Waals surface area contributed by atoms with E-state index in [1.807, 2.05) is 0 Å². The summed E-state index contributed by atoms with van der Waals surface area (Å²) < 4.78 is 32.3. The summed E-state index contributed by atoms with van der Waals surface area (Å²) in [7, 11) is 1.75. The van der Waals surface area contributed by atoms with Gasteiger partial charge < -0.3 is 15.0 Å². The number of nitrogens with one attached hydrogen (secondary N) is 1. The van der Waals surface area contributed by atoms with E-state index >= 15 is 8.78 Å². The molecule has 2 N–H and O–H groups in total. The van der Waals surface area contributed by atoms with Crippen molar-refractivity contribution in [2.24, 2.45) is 0 Å². The Morgan fingerprint density at radius 1 is 1.17 bits per heavy atom. The molecule has 29 heavy (non-hydrogen) atoms. The molecule has 2 aromatic carbocycles. The number of halogens is 2. The lowest BCUT2D eigenvalue weighted by Gasteiger charge is -2.38. The standard InChI is InChI=1S/C21H19F2N3O3/c1-26(9-7-24-8-10-26)19-16(22)11-14-18(17(19)23)25(13-5-3-2-4-6-13)12-15(20(14)27)21(28)29/h2-6,11-12,24H,7-10H2,1H3/p+1. The number of fused-ring (bicyclic) bond motifs is 1. The van der Waals surface area contributed by atoms with Crippen LogP contribution in [0.2, 0.25) is 0 Å². The largest absolute Gasteiger partial charge is 0.477 e. The van der Waals surface area contributed by atoms with Gasteiger partial charge in [0.2, 0.25) is 16.9 Å². The molecule has 150 valence electrons. The first-order chi connectivity index (χ1) is 13.8. The summed E-state index contributed by atoms with van der Waals surface area (Å²) in [6, 6.07) is 9.49. The number of nitrogens with zero attached hydrogens (tertiary/aromatic N) is 2. The predicted octanol–water partition coefficient (Wildman–Crippen LogP) is 2.51. The molecule has 0 saturated carbocycles. The lowest BCUT2D eigenvalue weighted by atomic mass is 10.1. The zero-order valence-corrected chi connectivity index (χ0v) is 15.8. The van der Waals surface area contributed by atoms with E-state index in [0.29, 0.717) is 31.9 Å². The summed E-state index contributed by atoms with van der Waals surface area (Å²) in [5, 5.41) is 12.3. The smallest absolute Gasteiger partial charge is 0.341 e. The van der Waals surface area contributed by atoms with Crippen LogP contribution >= 0.6 is 0 Å². The van der Waals surface area contributed by atoms with Crippen molar-refractivity contribution in [1.82, 2.24) is 14.4 Å². The lowest BCUT2D eigenvalue weighted by Crippen LogP contribution is -2.57. The summed E-state index contributed by atoms with van der Waals surface area (Å²) >= 11 is 0. The second kappa shape index (κ2) is 7.06. The maximum absolute atomic E-state index is 15.8. The van der Waals surface area contributed by atoms with E-state index in [9.17, 15) is 14.7 Å². The Balaban J connectivity index is 2.13. The summed E-state index contributed by atoms with van der Waals surface area (Å²) in [5.74, 6) is -3.14. The summed E-state index contributed by atoms with van der Waals surface area (Å²) in [6.07, 6.45) is 1.10. The second-order valence-corrected chi connectivity index (χ2v) is 7.39. The first-order valence-electron chi connectivity index (χ1n) is 9.25. The van der Waals surface area contributed by atoms with Gasteiger partial charge in [0.1, 0.15) is 5.56 Å². The lowest BCUT2D eigenvalue weighted by molar-refractivity contribution is 0.0695. The van der Waals surface area contributed by atoms with Crippen molar-refractivity contribution in [1.29, 1.82) is 0 Å². The normalized spacial score (nSPS) is 16.1. The van der Waals surface area contributed by atoms with Crippen molar-refractivity contribution in [3.05, 3.63) is 70.0 Å². The number of aromatic nitrogens is 1. The fraction of sp³-hybridized carbons (Fsp3) is 0.238. The number of carboxylic acid groups (broad SMARTS) is 1. The third kappa shape index (κ3) is 3.10. The maximum atomic E-state index is 15.8. The molecule has 0 spiro atoms. The number of para-hydroxylation sites is 1. The van der Waals surface area contributed by atoms with Gasteiger partial charge >= 0.3 is 5.97 Å². The number of quaternary nitrogens is 1. The van der Waals surface area contributed by atoms with Crippen LogP contribution in [0.5, 0.6) is 0 Å². The van der Waals surface area contributed by atoms with Crippen molar-refractivity contribution in [2.75, 3.05) is 33.2 Å². The molecule has 8 heteroatoms. The molecule has 1 aliphatic rings. The van der Waals surface area contributed by atoms with Gasteiger partial charge in [-0.1, -0.05) is 18.2 Å². The number of hydrogen-bond donors (Lipinski definition) is 2. The molecule has 2 heterocycles. The Morgan fingerprint density at radius 3 is 2.45 bits per heavy atom. The van der Waals surface area contributed by atoms with Gasteiger partial charge in [0, 0.05) is 25.0 Å². The van der Waals surface area contributed by atoms with E-state index in [4.69, 9.17) is 0 Å². The van der Waals surface area contributed by atoms with E-state index in [-0.39, 0.29) is 21.1 Å². The molecule has 6 nitrogen and oxygen atoms in total. The van der Waals surface area contributed by atoms with E-state index in [1.54, 1.807) is 37.4 Å². The molecule has 1 saturated heterocycles. The number of piperazine rings is 1. The molecular formula is C21H20F2N3O3+. The highest BCUT2D eigenvalue weighted by Crippen LogP contribution is 2.34. The molecule has 1 aliphatic heterocycles. The van der Waals surface area contributed by atoms with Crippen molar-refractivity contribution in [3.63, 3.8) is 0 Å². The predicted molar refractivity (Wildman–Crippen MR) is 107 cm³/mol. The average Bonchev–Trinajstić information content (AvgIpc) is 2.69. The van der Waals surface area contributed by atoms with Gasteiger partial charge in [0.15, 0.2) is 5.82 Å². The van der Waals surface area contributed by atoms with Crippen LogP contribution in [0.25, 0.3) is 16.6 Å². The van der Waals surface area contributed by atoms with Gasteiger partial charge in [-0.3, -0.25) is 9.28 Å². The zero-order valence-electron chi connectivity index (χ0n) is 15.8. The molecule has 4 rings (SSSR count). The molecule has 3 aromatic rings. The quantitative estimate of drug-likeness (QED) is 0.663. The van der Waals surface area contributed by atoms with Crippen LogP contribution in [0.4, 0.5) is 14.5 Å². The Morgan fingerprint density at radius 2 is 1.83 bits per heavy atom. The first-order valence-corrected chi connectivity index (χ1v) is 9.25. The van der Waals surface area contributed by atoms with E-state index in [0.717, 1.165) is 12.3 Å². The van der Waals surface area contributed by atoms with Crippen LogP contribution < -0.4 is 15.2 Å². The highest BCUT2D eigenvalue weighted by Gasteiger charge is 2.36. The molecule has 0 aliphatic carbocycles. The van der Waals surface area contributed by atoms with Crippen LogP contribution in [0.3, 0.4) is 0 Å². The number of benzene rings is 2. The monoisotopic (exact) mass is 400 g/mol. The summed E-state index contributed by atoms with van der Waals surface area (Å²) in [4.78, 5) is 24.3. The fourth-order valence-corrected chi connectivity index (χ4v) is 3.96. The second-order valence-electron chi connectivity index (χ2n) is 7.39. The van der Waals surface area contributed by atoms with Crippen molar-refractivity contribution < 1.29 is 18.7 Å². The van der Waals surface area contributed by atoms with Gasteiger partial charge in [0.05, 0.1) is 31.0 Å². The van der Waals surface area contributed by atoms with Gasteiger partial charge in [-0.2, -0.15) is 4.39 Å². The minimum absolute atomic E-state index is 0.0459. The molecule has 1 fully saturated rings. The van der Waals surface area contributed by atoms with Crippen LogP contribution in [-0.2, 0) is 0 Å². The van der Waals surface area contributed by atoms with Gasteiger partial charge in [-0.05, 0) is 18.2 Å². The minimum atomic E-state index is -1.45. The number of aromatic carboxylic acids is 1. The maximum Gasteiger partial charge on any atom is 0.341 e. The third-order valence-electron chi connectivity index (χ3n) is 5.53.